The van der Waals surface area contributed by atoms with Gasteiger partial charge in [-0.2, -0.15) is 9.40 Å². The van der Waals surface area contributed by atoms with Crippen LogP contribution in [0, 0.1) is 0 Å². The molecule has 0 aliphatic carbocycles. The van der Waals surface area contributed by atoms with Crippen LogP contribution in [-0.2, 0) is 21.3 Å². The highest BCUT2D eigenvalue weighted by Gasteiger charge is 2.39. The van der Waals surface area contributed by atoms with E-state index in [0.717, 1.165) is 0 Å². The zero-order chi connectivity index (χ0) is 15.1. The van der Waals surface area contributed by atoms with Gasteiger partial charge in [0.05, 0.1) is 11.7 Å². The zero-order valence-electron chi connectivity index (χ0n) is 12.3. The molecule has 8 heteroatoms. The zero-order valence-corrected chi connectivity index (χ0v) is 13.1. The van der Waals surface area contributed by atoms with Crippen molar-refractivity contribution in [2.45, 2.75) is 50.8 Å². The summed E-state index contributed by atoms with van der Waals surface area (Å²) in [6, 6.07) is 0. The van der Waals surface area contributed by atoms with E-state index in [1.54, 1.807) is 0 Å². The summed E-state index contributed by atoms with van der Waals surface area (Å²) in [5.41, 5.74) is 5.23. The van der Waals surface area contributed by atoms with E-state index in [1.807, 2.05) is 27.7 Å². The van der Waals surface area contributed by atoms with Crippen LogP contribution < -0.4 is 5.73 Å². The average Bonchev–Trinajstić information content (AvgIpc) is 2.68. The first-order valence-corrected chi connectivity index (χ1v) is 8.10. The van der Waals surface area contributed by atoms with Crippen LogP contribution in [0.3, 0.4) is 0 Å². The van der Waals surface area contributed by atoms with Crippen LogP contribution in [0.2, 0.25) is 0 Å². The number of hydrogen-bond acceptors (Lipinski definition) is 5. The van der Waals surface area contributed by atoms with Crippen molar-refractivity contribution in [1.82, 2.24) is 14.1 Å². The fourth-order valence-electron chi connectivity index (χ4n) is 2.50. The highest BCUT2D eigenvalue weighted by atomic mass is 32.2. The molecular formula is C12H22N4O3S. The highest BCUT2D eigenvalue weighted by Crippen LogP contribution is 2.28. The summed E-state index contributed by atoms with van der Waals surface area (Å²) in [5, 5.41) is 4.00. The molecule has 0 radical (unpaired) electrons. The number of nitrogen functional groups attached to an aromatic ring is 1. The van der Waals surface area contributed by atoms with E-state index in [4.69, 9.17) is 10.5 Å². The number of nitrogens with zero attached hydrogens (tertiary/aromatic N) is 3. The summed E-state index contributed by atoms with van der Waals surface area (Å²) in [6.07, 6.45) is 1.33. The molecule has 7 nitrogen and oxygen atoms in total. The molecule has 1 aromatic rings. The molecule has 2 N–H and O–H groups in total. The molecule has 1 fully saturated rings. The summed E-state index contributed by atoms with van der Waals surface area (Å²) in [7, 11) is -3.64. The lowest BCUT2D eigenvalue weighted by atomic mass is 10.1. The molecule has 1 aromatic heterocycles. The van der Waals surface area contributed by atoms with Crippen molar-refractivity contribution in [3.63, 3.8) is 0 Å². The van der Waals surface area contributed by atoms with Crippen molar-refractivity contribution in [3.8, 4) is 0 Å². The number of sulfonamides is 1. The summed E-state index contributed by atoms with van der Waals surface area (Å²) < 4.78 is 34.1. The predicted octanol–water partition coefficient (Wildman–Crippen LogP) is 0.673. The largest absolute Gasteiger partial charge is 0.381 e. The van der Waals surface area contributed by atoms with Crippen molar-refractivity contribution in [2.75, 3.05) is 18.8 Å². The third kappa shape index (κ3) is 2.82. The summed E-state index contributed by atoms with van der Waals surface area (Å²) in [4.78, 5) is 0.0734. The fraction of sp³-hybridized carbons (Fsp3) is 0.750. The van der Waals surface area contributed by atoms with E-state index in [1.165, 1.54) is 15.2 Å². The van der Waals surface area contributed by atoms with Gasteiger partial charge in [-0.3, -0.25) is 4.68 Å². The molecule has 1 unspecified atom stereocenters. The lowest BCUT2D eigenvalue weighted by Crippen LogP contribution is -2.53. The maximum Gasteiger partial charge on any atom is 0.248 e. The first-order valence-electron chi connectivity index (χ1n) is 6.66. The number of morpholine rings is 1. The number of aromatic nitrogens is 2. The van der Waals surface area contributed by atoms with Gasteiger partial charge in [0.2, 0.25) is 10.0 Å². The van der Waals surface area contributed by atoms with Gasteiger partial charge < -0.3 is 10.5 Å². The van der Waals surface area contributed by atoms with E-state index in [2.05, 4.69) is 5.10 Å². The number of rotatable bonds is 3. The third-order valence-corrected chi connectivity index (χ3v) is 5.06. The minimum Gasteiger partial charge on any atom is -0.381 e. The van der Waals surface area contributed by atoms with Gasteiger partial charge >= 0.3 is 0 Å². The van der Waals surface area contributed by atoms with Crippen LogP contribution >= 0.6 is 0 Å². The highest BCUT2D eigenvalue weighted by molar-refractivity contribution is 7.89. The lowest BCUT2D eigenvalue weighted by molar-refractivity contribution is -0.109. The van der Waals surface area contributed by atoms with Gasteiger partial charge in [0, 0.05) is 25.8 Å². The Balaban J connectivity index is 2.36. The molecular weight excluding hydrogens is 280 g/mol. The Bertz CT molecular complexity index is 594. The first kappa shape index (κ1) is 15.3. The van der Waals surface area contributed by atoms with Crippen LogP contribution in [0.5, 0.6) is 0 Å². The lowest BCUT2D eigenvalue weighted by Gasteiger charge is -2.40. The second-order valence-electron chi connectivity index (χ2n) is 5.72. The summed E-state index contributed by atoms with van der Waals surface area (Å²) in [6.45, 7) is 8.70. The standard InChI is InChI=1S/C12H22N4O3S/c1-5-15-7-10(11(13)14-15)20(17,18)16-6-9(2)19-12(3,4)8-16/h7,9H,5-6,8H2,1-4H3,(H2,13,14). The molecule has 0 amide bonds. The first-order chi connectivity index (χ1) is 9.15. The van der Waals surface area contributed by atoms with E-state index in [-0.39, 0.29) is 16.8 Å². The monoisotopic (exact) mass is 302 g/mol. The molecule has 2 rings (SSSR count). The number of aryl methyl sites for hydroxylation is 1. The van der Waals surface area contributed by atoms with Crippen molar-refractivity contribution in [2.24, 2.45) is 0 Å². The minimum atomic E-state index is -3.64. The Labute approximate surface area is 119 Å². The Morgan fingerprint density at radius 2 is 2.20 bits per heavy atom. The van der Waals surface area contributed by atoms with Gasteiger partial charge in [0.1, 0.15) is 4.90 Å². The van der Waals surface area contributed by atoms with Crippen molar-refractivity contribution < 1.29 is 13.2 Å². The molecule has 0 saturated carbocycles. The molecule has 0 aromatic carbocycles. The van der Waals surface area contributed by atoms with Crippen LogP contribution in [-0.4, -0.2) is 47.3 Å². The molecule has 1 saturated heterocycles. The normalized spacial score (nSPS) is 23.9. The van der Waals surface area contributed by atoms with E-state index < -0.39 is 15.6 Å². The molecule has 1 aliphatic rings. The number of ether oxygens (including phenoxy) is 1. The van der Waals surface area contributed by atoms with Crippen LogP contribution in [0.1, 0.15) is 27.7 Å². The Kier molecular flexibility index (Phi) is 3.83. The van der Waals surface area contributed by atoms with E-state index >= 15 is 0 Å². The van der Waals surface area contributed by atoms with Gasteiger partial charge in [-0.25, -0.2) is 8.42 Å². The van der Waals surface area contributed by atoms with Crippen molar-refractivity contribution in [1.29, 1.82) is 0 Å². The minimum absolute atomic E-state index is 0.0452. The molecule has 114 valence electrons. The van der Waals surface area contributed by atoms with E-state index in [0.29, 0.717) is 19.6 Å². The number of hydrogen-bond donors (Lipinski definition) is 1. The molecule has 0 bridgehead atoms. The topological polar surface area (TPSA) is 90.5 Å². The average molecular weight is 302 g/mol. The Morgan fingerprint density at radius 3 is 2.70 bits per heavy atom. The summed E-state index contributed by atoms with van der Waals surface area (Å²) >= 11 is 0. The van der Waals surface area contributed by atoms with Crippen molar-refractivity contribution in [3.05, 3.63) is 6.20 Å². The molecule has 20 heavy (non-hydrogen) atoms. The van der Waals surface area contributed by atoms with Gasteiger partial charge in [-0.1, -0.05) is 0 Å². The second-order valence-corrected chi connectivity index (χ2v) is 7.63. The molecule has 1 atom stereocenters. The molecule has 2 heterocycles. The smallest absolute Gasteiger partial charge is 0.248 e. The third-order valence-electron chi connectivity index (χ3n) is 3.23. The van der Waals surface area contributed by atoms with E-state index in [9.17, 15) is 8.42 Å². The quantitative estimate of drug-likeness (QED) is 0.886. The maximum absolute atomic E-state index is 12.7. The van der Waals surface area contributed by atoms with Crippen LogP contribution in [0.15, 0.2) is 11.1 Å². The Hall–Kier alpha value is -1.12. The van der Waals surface area contributed by atoms with Crippen LogP contribution in [0.4, 0.5) is 5.82 Å². The van der Waals surface area contributed by atoms with Gasteiger partial charge in [0.15, 0.2) is 5.82 Å². The number of anilines is 1. The molecule has 1 aliphatic heterocycles. The van der Waals surface area contributed by atoms with Gasteiger partial charge in [-0.05, 0) is 27.7 Å². The predicted molar refractivity (Wildman–Crippen MR) is 75.7 cm³/mol. The maximum atomic E-state index is 12.7. The summed E-state index contributed by atoms with van der Waals surface area (Å²) in [5.74, 6) is 0.0452. The SMILES string of the molecule is CCn1cc(S(=O)(=O)N2CC(C)OC(C)(C)C2)c(N)n1. The Morgan fingerprint density at radius 1 is 1.55 bits per heavy atom. The van der Waals surface area contributed by atoms with Crippen LogP contribution in [0.25, 0.3) is 0 Å². The second kappa shape index (κ2) is 5.01. The number of nitrogens with two attached hydrogens (primary N) is 1. The molecule has 0 spiro atoms. The van der Waals surface area contributed by atoms with Gasteiger partial charge in [0.25, 0.3) is 0 Å². The van der Waals surface area contributed by atoms with Crippen molar-refractivity contribution >= 4 is 15.8 Å². The van der Waals surface area contributed by atoms with Gasteiger partial charge in [-0.15, -0.1) is 0 Å². The fourth-order valence-corrected chi connectivity index (χ4v) is 4.22.